The average Bonchev–Trinajstić information content (AvgIpc) is 2.19. The van der Waals surface area contributed by atoms with E-state index in [4.69, 9.17) is 11.5 Å². The van der Waals surface area contributed by atoms with Gasteiger partial charge in [0.05, 0.1) is 5.69 Å². The quantitative estimate of drug-likeness (QED) is 0.820. The normalized spacial score (nSPS) is 11.9. The van der Waals surface area contributed by atoms with Crippen LogP contribution in [0.4, 0.5) is 0 Å². The Labute approximate surface area is 105 Å². The number of aromatic nitrogens is 1. The Morgan fingerprint density at radius 2 is 2.07 bits per heavy atom. The fraction of sp³-hybridized carbons (Fsp3) is 0.500. The Hall–Kier alpha value is -0.160. The second-order valence-electron chi connectivity index (χ2n) is 3.29. The third kappa shape index (κ3) is 5.47. The summed E-state index contributed by atoms with van der Waals surface area (Å²) in [7, 11) is 0. The van der Waals surface area contributed by atoms with E-state index in [2.05, 4.69) is 20.9 Å². The van der Waals surface area contributed by atoms with Gasteiger partial charge in [-0.05, 0) is 47.4 Å². The Balaban J connectivity index is 0.00000196. The Morgan fingerprint density at radius 1 is 1.33 bits per heavy atom. The summed E-state index contributed by atoms with van der Waals surface area (Å²) >= 11 is 3.34. The molecular formula is C10H17BrClN3. The molecule has 0 unspecified atom stereocenters. The predicted molar refractivity (Wildman–Crippen MR) is 69.0 cm³/mol. The van der Waals surface area contributed by atoms with Crippen LogP contribution in [0, 0.1) is 0 Å². The maximum atomic E-state index is 5.97. The van der Waals surface area contributed by atoms with Crippen molar-refractivity contribution in [1.82, 2.24) is 4.98 Å². The lowest BCUT2D eigenvalue weighted by Crippen LogP contribution is -2.12. The van der Waals surface area contributed by atoms with Crippen molar-refractivity contribution in [2.45, 2.75) is 25.3 Å². The van der Waals surface area contributed by atoms with E-state index in [9.17, 15) is 0 Å². The second-order valence-corrected chi connectivity index (χ2v) is 4.21. The first kappa shape index (κ1) is 14.8. The summed E-state index contributed by atoms with van der Waals surface area (Å²) in [5.41, 5.74) is 12.3. The summed E-state index contributed by atoms with van der Waals surface area (Å²) in [5, 5.41) is 0. The van der Waals surface area contributed by atoms with E-state index >= 15 is 0 Å². The van der Waals surface area contributed by atoms with E-state index in [1.54, 1.807) is 6.20 Å². The molecule has 1 rings (SSSR count). The zero-order valence-electron chi connectivity index (χ0n) is 8.53. The first-order valence-electron chi connectivity index (χ1n) is 4.81. The number of unbranched alkanes of at least 4 members (excludes halogenated alkanes) is 1. The fourth-order valence-electron chi connectivity index (χ4n) is 1.26. The van der Waals surface area contributed by atoms with Crippen LogP contribution in [0.2, 0.25) is 0 Å². The molecule has 0 aliphatic rings. The highest BCUT2D eigenvalue weighted by molar-refractivity contribution is 9.10. The van der Waals surface area contributed by atoms with Gasteiger partial charge in [-0.2, -0.15) is 0 Å². The van der Waals surface area contributed by atoms with Gasteiger partial charge < -0.3 is 11.5 Å². The maximum Gasteiger partial charge on any atom is 0.0571 e. The van der Waals surface area contributed by atoms with Gasteiger partial charge in [0, 0.05) is 16.7 Å². The lowest BCUT2D eigenvalue weighted by Gasteiger charge is -2.10. The maximum absolute atomic E-state index is 5.97. The van der Waals surface area contributed by atoms with Crippen LogP contribution in [0.5, 0.6) is 0 Å². The van der Waals surface area contributed by atoms with Crippen molar-refractivity contribution in [2.24, 2.45) is 11.5 Å². The van der Waals surface area contributed by atoms with Crippen LogP contribution < -0.4 is 11.5 Å². The molecule has 5 heteroatoms. The van der Waals surface area contributed by atoms with Gasteiger partial charge in [0.25, 0.3) is 0 Å². The van der Waals surface area contributed by atoms with Crippen LogP contribution in [0.1, 0.15) is 31.0 Å². The number of hydrogen-bond donors (Lipinski definition) is 2. The number of hydrogen-bond acceptors (Lipinski definition) is 3. The average molecular weight is 295 g/mol. The minimum absolute atomic E-state index is 0. The molecule has 0 bridgehead atoms. The second kappa shape index (κ2) is 8.05. The Bertz CT molecular complexity index is 266. The van der Waals surface area contributed by atoms with Crippen LogP contribution in [-0.4, -0.2) is 11.5 Å². The summed E-state index contributed by atoms with van der Waals surface area (Å²) in [6.45, 7) is 0.737. The van der Waals surface area contributed by atoms with Crippen molar-refractivity contribution >= 4 is 28.3 Å². The third-order valence-corrected chi connectivity index (χ3v) is 2.57. The molecule has 0 spiro atoms. The van der Waals surface area contributed by atoms with Crippen LogP contribution in [-0.2, 0) is 0 Å². The molecule has 86 valence electrons. The minimum atomic E-state index is 0. The van der Waals surface area contributed by atoms with Gasteiger partial charge in [-0.25, -0.2) is 0 Å². The molecule has 0 aliphatic carbocycles. The molecule has 0 amide bonds. The molecule has 0 radical (unpaired) electrons. The molecule has 4 N–H and O–H groups in total. The number of nitrogens with zero attached hydrogens (tertiary/aromatic N) is 1. The molecule has 0 saturated heterocycles. The van der Waals surface area contributed by atoms with Gasteiger partial charge >= 0.3 is 0 Å². The molecule has 3 nitrogen and oxygen atoms in total. The van der Waals surface area contributed by atoms with E-state index in [-0.39, 0.29) is 18.4 Å². The van der Waals surface area contributed by atoms with E-state index < -0.39 is 0 Å². The Morgan fingerprint density at radius 3 is 2.60 bits per heavy atom. The smallest absolute Gasteiger partial charge is 0.0571 e. The van der Waals surface area contributed by atoms with E-state index in [1.165, 1.54) is 0 Å². The van der Waals surface area contributed by atoms with Crippen LogP contribution in [0.3, 0.4) is 0 Å². The van der Waals surface area contributed by atoms with Crippen LogP contribution in [0.25, 0.3) is 0 Å². The first-order chi connectivity index (χ1) is 6.74. The summed E-state index contributed by atoms with van der Waals surface area (Å²) in [5.74, 6) is 0. The molecule has 1 atom stereocenters. The Kier molecular flexibility index (Phi) is 7.96. The highest BCUT2D eigenvalue weighted by Crippen LogP contribution is 2.16. The number of nitrogens with two attached hydrogens (primary N) is 2. The SMILES string of the molecule is Cl.NCCCC[C@H](N)c1ccc(Br)cn1. The standard InChI is InChI=1S/C10H16BrN3.ClH/c11-8-4-5-10(14-7-8)9(13)3-1-2-6-12;/h4-5,7,9H,1-3,6,12-13H2;1H/t9-;/m0./s1. The van der Waals surface area contributed by atoms with E-state index in [0.29, 0.717) is 0 Å². The molecule has 1 aromatic rings. The lowest BCUT2D eigenvalue weighted by atomic mass is 10.1. The van der Waals surface area contributed by atoms with E-state index in [1.807, 2.05) is 12.1 Å². The van der Waals surface area contributed by atoms with Crippen molar-refractivity contribution in [3.05, 3.63) is 28.5 Å². The highest BCUT2D eigenvalue weighted by atomic mass is 79.9. The van der Waals surface area contributed by atoms with Gasteiger partial charge in [-0.15, -0.1) is 12.4 Å². The topological polar surface area (TPSA) is 64.9 Å². The van der Waals surface area contributed by atoms with Gasteiger partial charge in [0.2, 0.25) is 0 Å². The van der Waals surface area contributed by atoms with Crippen molar-refractivity contribution in [1.29, 1.82) is 0 Å². The third-order valence-electron chi connectivity index (χ3n) is 2.10. The molecule has 0 saturated carbocycles. The molecule has 0 fully saturated rings. The zero-order valence-corrected chi connectivity index (χ0v) is 10.9. The lowest BCUT2D eigenvalue weighted by molar-refractivity contribution is 0.579. The predicted octanol–water partition coefficient (Wildman–Crippen LogP) is 2.39. The highest BCUT2D eigenvalue weighted by Gasteiger charge is 2.06. The molecule has 1 heterocycles. The van der Waals surface area contributed by atoms with Gasteiger partial charge in [-0.1, -0.05) is 6.42 Å². The van der Waals surface area contributed by atoms with Crippen molar-refractivity contribution < 1.29 is 0 Å². The van der Waals surface area contributed by atoms with Crippen molar-refractivity contribution in [3.8, 4) is 0 Å². The number of pyridine rings is 1. The summed E-state index contributed by atoms with van der Waals surface area (Å²) in [4.78, 5) is 4.25. The molecule has 15 heavy (non-hydrogen) atoms. The van der Waals surface area contributed by atoms with E-state index in [0.717, 1.165) is 36.0 Å². The van der Waals surface area contributed by atoms with Gasteiger partial charge in [0.15, 0.2) is 0 Å². The first-order valence-corrected chi connectivity index (χ1v) is 5.60. The minimum Gasteiger partial charge on any atom is -0.330 e. The molecule has 0 aliphatic heterocycles. The number of halogens is 2. The summed E-state index contributed by atoms with van der Waals surface area (Å²) < 4.78 is 0.982. The van der Waals surface area contributed by atoms with Crippen molar-refractivity contribution in [2.75, 3.05) is 6.54 Å². The summed E-state index contributed by atoms with van der Waals surface area (Å²) in [6.07, 6.45) is 4.82. The monoisotopic (exact) mass is 293 g/mol. The number of rotatable bonds is 5. The van der Waals surface area contributed by atoms with Crippen LogP contribution in [0.15, 0.2) is 22.8 Å². The fourth-order valence-corrected chi connectivity index (χ4v) is 1.50. The van der Waals surface area contributed by atoms with Crippen molar-refractivity contribution in [3.63, 3.8) is 0 Å². The molecule has 0 aromatic carbocycles. The van der Waals surface area contributed by atoms with Gasteiger partial charge in [0.1, 0.15) is 0 Å². The molecule has 1 aromatic heterocycles. The molecular weight excluding hydrogens is 277 g/mol. The van der Waals surface area contributed by atoms with Gasteiger partial charge in [-0.3, -0.25) is 4.98 Å². The zero-order chi connectivity index (χ0) is 10.4. The summed E-state index contributed by atoms with van der Waals surface area (Å²) in [6, 6.07) is 3.96. The largest absolute Gasteiger partial charge is 0.330 e. The van der Waals surface area contributed by atoms with Crippen LogP contribution >= 0.6 is 28.3 Å².